The van der Waals surface area contributed by atoms with Crippen LogP contribution in [0.2, 0.25) is 0 Å². The van der Waals surface area contributed by atoms with Crippen molar-refractivity contribution < 1.29 is 14.3 Å². The molecule has 158 valence electrons. The summed E-state index contributed by atoms with van der Waals surface area (Å²) in [7, 11) is 0. The van der Waals surface area contributed by atoms with Crippen LogP contribution < -0.4 is 10.1 Å². The Labute approximate surface area is 181 Å². The standard InChI is InChI=1S/C24H24N4O3/c1-2-18-5-3-6-20(13-18)27-24-21-15-23(19(16-29)14-22(21)25-17-26-24)31-10-4-7-28-8-11-30-12-9-28/h1,3,5-6,13-17H,4,7-12H2,(H,25,26,27). The van der Waals surface area contributed by atoms with Crippen LogP contribution in [-0.4, -0.2) is 60.6 Å². The summed E-state index contributed by atoms with van der Waals surface area (Å²) >= 11 is 0. The van der Waals surface area contributed by atoms with Gasteiger partial charge in [0, 0.05) is 36.3 Å². The summed E-state index contributed by atoms with van der Waals surface area (Å²) in [5, 5.41) is 4.05. The zero-order valence-electron chi connectivity index (χ0n) is 17.2. The number of aromatic nitrogens is 2. The van der Waals surface area contributed by atoms with Gasteiger partial charge in [0.05, 0.1) is 30.9 Å². The molecular formula is C24H24N4O3. The Hall–Kier alpha value is -3.47. The first kappa shape index (κ1) is 20.8. The van der Waals surface area contributed by atoms with Crippen LogP contribution in [-0.2, 0) is 4.74 Å². The van der Waals surface area contributed by atoms with E-state index >= 15 is 0 Å². The van der Waals surface area contributed by atoms with Crippen molar-refractivity contribution in [3.8, 4) is 18.1 Å². The van der Waals surface area contributed by atoms with E-state index < -0.39 is 0 Å². The van der Waals surface area contributed by atoms with Crippen molar-refractivity contribution in [1.82, 2.24) is 14.9 Å². The van der Waals surface area contributed by atoms with Crippen molar-refractivity contribution in [2.75, 3.05) is 44.8 Å². The second kappa shape index (κ2) is 10.0. The van der Waals surface area contributed by atoms with E-state index in [-0.39, 0.29) is 0 Å². The van der Waals surface area contributed by atoms with E-state index in [9.17, 15) is 4.79 Å². The number of aldehydes is 1. The van der Waals surface area contributed by atoms with Crippen LogP contribution >= 0.6 is 0 Å². The number of carbonyl (C=O) groups is 1. The zero-order valence-corrected chi connectivity index (χ0v) is 17.2. The molecule has 1 N–H and O–H groups in total. The van der Waals surface area contributed by atoms with E-state index in [0.717, 1.165) is 62.2 Å². The maximum absolute atomic E-state index is 11.6. The van der Waals surface area contributed by atoms with Gasteiger partial charge >= 0.3 is 0 Å². The van der Waals surface area contributed by atoms with Crippen molar-refractivity contribution in [3.05, 3.63) is 53.9 Å². The number of carbonyl (C=O) groups excluding carboxylic acids is 1. The zero-order chi connectivity index (χ0) is 21.5. The maximum atomic E-state index is 11.6. The Bertz CT molecular complexity index is 1100. The quantitative estimate of drug-likeness (QED) is 0.343. The van der Waals surface area contributed by atoms with Crippen LogP contribution in [0, 0.1) is 12.3 Å². The van der Waals surface area contributed by atoms with Crippen LogP contribution in [0.3, 0.4) is 0 Å². The van der Waals surface area contributed by atoms with Crippen LogP contribution in [0.1, 0.15) is 22.3 Å². The molecule has 31 heavy (non-hydrogen) atoms. The van der Waals surface area contributed by atoms with E-state index in [1.165, 1.54) is 6.33 Å². The number of fused-ring (bicyclic) bond motifs is 1. The lowest BCUT2D eigenvalue weighted by Crippen LogP contribution is -2.37. The molecule has 0 unspecified atom stereocenters. The smallest absolute Gasteiger partial charge is 0.153 e. The highest BCUT2D eigenvalue weighted by Gasteiger charge is 2.13. The van der Waals surface area contributed by atoms with Gasteiger partial charge in [-0.05, 0) is 36.8 Å². The monoisotopic (exact) mass is 416 g/mol. The first-order chi connectivity index (χ1) is 15.3. The Morgan fingerprint density at radius 2 is 2.10 bits per heavy atom. The molecule has 0 spiro atoms. The second-order valence-electron chi connectivity index (χ2n) is 7.25. The Kier molecular flexibility index (Phi) is 6.72. The van der Waals surface area contributed by atoms with Gasteiger partial charge in [-0.3, -0.25) is 9.69 Å². The van der Waals surface area contributed by atoms with Gasteiger partial charge in [-0.1, -0.05) is 12.0 Å². The molecule has 7 heteroatoms. The highest BCUT2D eigenvalue weighted by atomic mass is 16.5. The minimum Gasteiger partial charge on any atom is -0.493 e. The molecule has 0 bridgehead atoms. The van der Waals surface area contributed by atoms with Crippen molar-refractivity contribution in [2.45, 2.75) is 6.42 Å². The van der Waals surface area contributed by atoms with Gasteiger partial charge in [-0.25, -0.2) is 9.97 Å². The molecular weight excluding hydrogens is 392 g/mol. The fourth-order valence-corrected chi connectivity index (χ4v) is 3.53. The number of nitrogens with zero attached hydrogens (tertiary/aromatic N) is 3. The molecule has 2 heterocycles. The van der Waals surface area contributed by atoms with E-state index in [1.54, 1.807) is 6.07 Å². The molecule has 7 nitrogen and oxygen atoms in total. The predicted molar refractivity (Wildman–Crippen MR) is 120 cm³/mol. The molecule has 4 rings (SSSR count). The Balaban J connectivity index is 1.52. The molecule has 0 radical (unpaired) electrons. The Morgan fingerprint density at radius 1 is 1.23 bits per heavy atom. The van der Waals surface area contributed by atoms with Gasteiger partial charge in [-0.15, -0.1) is 6.42 Å². The maximum Gasteiger partial charge on any atom is 0.153 e. The molecule has 2 aromatic carbocycles. The summed E-state index contributed by atoms with van der Waals surface area (Å²) in [6.07, 6.45) is 8.62. The van der Waals surface area contributed by atoms with E-state index in [4.69, 9.17) is 15.9 Å². The summed E-state index contributed by atoms with van der Waals surface area (Å²) in [5.41, 5.74) is 2.73. The summed E-state index contributed by atoms with van der Waals surface area (Å²) < 4.78 is 11.3. The number of terminal acetylenes is 1. The largest absolute Gasteiger partial charge is 0.493 e. The fraction of sp³-hybridized carbons (Fsp3) is 0.292. The van der Waals surface area contributed by atoms with Crippen LogP contribution in [0.5, 0.6) is 5.75 Å². The molecule has 0 atom stereocenters. The van der Waals surface area contributed by atoms with Gasteiger partial charge in [0.25, 0.3) is 0 Å². The van der Waals surface area contributed by atoms with Crippen LogP contribution in [0.15, 0.2) is 42.7 Å². The number of anilines is 2. The van der Waals surface area contributed by atoms with Crippen molar-refractivity contribution >= 4 is 28.7 Å². The van der Waals surface area contributed by atoms with Crippen LogP contribution in [0.25, 0.3) is 10.9 Å². The second-order valence-corrected chi connectivity index (χ2v) is 7.25. The fourth-order valence-electron chi connectivity index (χ4n) is 3.53. The molecule has 0 amide bonds. The molecule has 1 aliphatic rings. The van der Waals surface area contributed by atoms with Crippen LogP contribution in [0.4, 0.5) is 11.5 Å². The first-order valence-corrected chi connectivity index (χ1v) is 10.3. The molecule has 1 saturated heterocycles. The van der Waals surface area contributed by atoms with Crippen molar-refractivity contribution in [1.29, 1.82) is 0 Å². The lowest BCUT2D eigenvalue weighted by atomic mass is 10.1. The molecule has 3 aromatic rings. The number of benzene rings is 2. The van der Waals surface area contributed by atoms with Gasteiger partial charge in [0.1, 0.15) is 17.9 Å². The minimum atomic E-state index is 0.470. The SMILES string of the molecule is C#Cc1cccc(Nc2ncnc3cc(C=O)c(OCCCN4CCOCC4)cc23)c1. The van der Waals surface area contributed by atoms with E-state index in [2.05, 4.69) is 26.1 Å². The van der Waals surface area contributed by atoms with E-state index in [1.807, 2.05) is 30.3 Å². The molecule has 1 fully saturated rings. The number of hydrogen-bond acceptors (Lipinski definition) is 7. The topological polar surface area (TPSA) is 76.6 Å². The third kappa shape index (κ3) is 5.18. The molecule has 0 aliphatic carbocycles. The number of ether oxygens (including phenoxy) is 2. The average Bonchev–Trinajstić information content (AvgIpc) is 2.82. The Morgan fingerprint density at radius 3 is 2.90 bits per heavy atom. The van der Waals surface area contributed by atoms with Gasteiger partial charge in [-0.2, -0.15) is 0 Å². The highest BCUT2D eigenvalue weighted by Crippen LogP contribution is 2.29. The third-order valence-electron chi connectivity index (χ3n) is 5.17. The van der Waals surface area contributed by atoms with Gasteiger partial charge in [0.2, 0.25) is 0 Å². The van der Waals surface area contributed by atoms with Crippen molar-refractivity contribution in [3.63, 3.8) is 0 Å². The summed E-state index contributed by atoms with van der Waals surface area (Å²) in [6, 6.07) is 11.1. The third-order valence-corrected chi connectivity index (χ3v) is 5.17. The normalized spacial score (nSPS) is 14.2. The number of rotatable bonds is 8. The lowest BCUT2D eigenvalue weighted by molar-refractivity contribution is 0.0358. The molecule has 1 aliphatic heterocycles. The molecule has 1 aromatic heterocycles. The number of nitrogens with one attached hydrogen (secondary N) is 1. The predicted octanol–water partition coefficient (Wildman–Crippen LogP) is 3.27. The minimum absolute atomic E-state index is 0.470. The summed E-state index contributed by atoms with van der Waals surface area (Å²) in [4.78, 5) is 22.7. The average molecular weight is 416 g/mol. The first-order valence-electron chi connectivity index (χ1n) is 10.3. The van der Waals surface area contributed by atoms with E-state index in [0.29, 0.717) is 29.3 Å². The lowest BCUT2D eigenvalue weighted by Gasteiger charge is -2.26. The highest BCUT2D eigenvalue weighted by molar-refractivity contribution is 5.96. The summed E-state index contributed by atoms with van der Waals surface area (Å²) in [6.45, 7) is 4.91. The molecule has 0 saturated carbocycles. The number of hydrogen-bond donors (Lipinski definition) is 1. The van der Waals surface area contributed by atoms with Crippen molar-refractivity contribution in [2.24, 2.45) is 0 Å². The van der Waals surface area contributed by atoms with Gasteiger partial charge in [0.15, 0.2) is 6.29 Å². The van der Waals surface area contributed by atoms with Gasteiger partial charge < -0.3 is 14.8 Å². The number of morpholine rings is 1. The summed E-state index contributed by atoms with van der Waals surface area (Å²) in [5.74, 6) is 3.77.